The largest absolute Gasteiger partial charge is 0.444 e. The Balaban J connectivity index is 4.53. The van der Waals surface area contributed by atoms with Crippen LogP contribution in [0.15, 0.2) is 0 Å². The Morgan fingerprint density at radius 3 is 1.95 bits per heavy atom. The van der Waals surface area contributed by atoms with Crippen molar-refractivity contribution >= 4 is 12.0 Å². The molecule has 0 rings (SSSR count). The molecule has 0 heterocycles. The quantitative estimate of drug-likeness (QED) is 0.721. The van der Waals surface area contributed by atoms with Crippen LogP contribution in [0.25, 0.3) is 0 Å². The number of carbonyl (C=O) groups is 2. The average molecular weight is 314 g/mol. The second kappa shape index (κ2) is 9.70. The Hall–Kier alpha value is -1.26. The van der Waals surface area contributed by atoms with Crippen LogP contribution in [-0.2, 0) is 9.53 Å². The Bertz CT molecular complexity index is 346. The maximum atomic E-state index is 12.3. The van der Waals surface area contributed by atoms with E-state index in [-0.39, 0.29) is 5.91 Å². The van der Waals surface area contributed by atoms with Crippen molar-refractivity contribution < 1.29 is 14.3 Å². The van der Waals surface area contributed by atoms with Crippen molar-refractivity contribution in [3.05, 3.63) is 0 Å². The van der Waals surface area contributed by atoms with Gasteiger partial charge in [-0.05, 0) is 51.9 Å². The molecule has 5 nitrogen and oxygen atoms in total. The van der Waals surface area contributed by atoms with E-state index in [4.69, 9.17) is 4.74 Å². The van der Waals surface area contributed by atoms with Gasteiger partial charge in [-0.3, -0.25) is 4.79 Å². The van der Waals surface area contributed by atoms with E-state index in [1.54, 1.807) is 20.8 Å². The van der Waals surface area contributed by atoms with E-state index in [0.29, 0.717) is 24.8 Å². The van der Waals surface area contributed by atoms with Gasteiger partial charge < -0.3 is 15.4 Å². The zero-order chi connectivity index (χ0) is 17.3. The summed E-state index contributed by atoms with van der Waals surface area (Å²) < 4.78 is 5.24. The molecule has 5 heteroatoms. The summed E-state index contributed by atoms with van der Waals surface area (Å²) in [5.74, 6) is 0.881. The molecular formula is C17H34N2O3. The standard InChI is InChI=1S/C17H34N2O3/c1-12(2)8-9-14(15(20)18-11-10-13(3)4)19-16(21)22-17(5,6)7/h12-14H,8-11H2,1-7H3,(H,18,20)(H,19,21)/t14-/m0/s1. The van der Waals surface area contributed by atoms with Gasteiger partial charge in [-0.25, -0.2) is 4.79 Å². The van der Waals surface area contributed by atoms with Crippen molar-refractivity contribution in [2.24, 2.45) is 11.8 Å². The van der Waals surface area contributed by atoms with Crippen molar-refractivity contribution in [2.75, 3.05) is 6.54 Å². The number of amides is 2. The summed E-state index contributed by atoms with van der Waals surface area (Å²) in [7, 11) is 0. The molecule has 0 aromatic heterocycles. The van der Waals surface area contributed by atoms with Crippen molar-refractivity contribution in [3.63, 3.8) is 0 Å². The first-order valence-electron chi connectivity index (χ1n) is 8.28. The van der Waals surface area contributed by atoms with Crippen LogP contribution in [0.5, 0.6) is 0 Å². The predicted molar refractivity (Wildman–Crippen MR) is 89.7 cm³/mol. The third-order valence-corrected chi connectivity index (χ3v) is 3.06. The molecule has 2 N–H and O–H groups in total. The minimum atomic E-state index is -0.569. The molecule has 0 bridgehead atoms. The monoisotopic (exact) mass is 314 g/mol. The molecule has 0 saturated heterocycles. The number of carbonyl (C=O) groups excluding carboxylic acids is 2. The SMILES string of the molecule is CC(C)CCNC(=O)[C@H](CCC(C)C)NC(=O)OC(C)(C)C. The summed E-state index contributed by atoms with van der Waals surface area (Å²) in [6, 6.07) is -0.538. The summed E-state index contributed by atoms with van der Waals surface area (Å²) in [5.41, 5.74) is -0.569. The predicted octanol–water partition coefficient (Wildman–Crippen LogP) is 3.48. The molecule has 0 unspecified atom stereocenters. The van der Waals surface area contributed by atoms with Crippen molar-refractivity contribution in [1.82, 2.24) is 10.6 Å². The maximum Gasteiger partial charge on any atom is 0.408 e. The lowest BCUT2D eigenvalue weighted by Crippen LogP contribution is -2.48. The molecule has 0 aromatic carbocycles. The van der Waals surface area contributed by atoms with E-state index in [9.17, 15) is 9.59 Å². The fourth-order valence-corrected chi connectivity index (χ4v) is 1.83. The zero-order valence-corrected chi connectivity index (χ0v) is 15.3. The molecule has 0 saturated carbocycles. The number of ether oxygens (including phenoxy) is 1. The third kappa shape index (κ3) is 11.4. The molecule has 1 atom stereocenters. The summed E-state index contributed by atoms with van der Waals surface area (Å²) in [6.45, 7) is 14.5. The highest BCUT2D eigenvalue weighted by Gasteiger charge is 2.24. The van der Waals surface area contributed by atoms with Crippen LogP contribution in [0.2, 0.25) is 0 Å². The Morgan fingerprint density at radius 2 is 1.50 bits per heavy atom. The van der Waals surface area contributed by atoms with Crippen molar-refractivity contribution in [1.29, 1.82) is 0 Å². The fourth-order valence-electron chi connectivity index (χ4n) is 1.83. The lowest BCUT2D eigenvalue weighted by atomic mass is 10.0. The van der Waals surface area contributed by atoms with Crippen molar-refractivity contribution in [2.45, 2.75) is 79.4 Å². The van der Waals surface area contributed by atoms with E-state index in [0.717, 1.165) is 12.8 Å². The third-order valence-electron chi connectivity index (χ3n) is 3.06. The average Bonchev–Trinajstić information content (AvgIpc) is 2.31. The van der Waals surface area contributed by atoms with Crippen LogP contribution in [0.4, 0.5) is 4.79 Å². The van der Waals surface area contributed by atoms with Crippen LogP contribution in [0.3, 0.4) is 0 Å². The first-order chi connectivity index (χ1) is 10.0. The molecule has 0 aliphatic rings. The van der Waals surface area contributed by atoms with E-state index >= 15 is 0 Å². The second-order valence-corrected chi connectivity index (χ2v) is 7.64. The minimum absolute atomic E-state index is 0.132. The van der Waals surface area contributed by atoms with Gasteiger partial charge in [-0.2, -0.15) is 0 Å². The Labute approximate surface area is 135 Å². The first-order valence-corrected chi connectivity index (χ1v) is 8.28. The highest BCUT2D eigenvalue weighted by molar-refractivity contribution is 5.85. The van der Waals surface area contributed by atoms with E-state index in [1.165, 1.54) is 0 Å². The zero-order valence-electron chi connectivity index (χ0n) is 15.3. The van der Waals surface area contributed by atoms with Crippen LogP contribution in [0, 0.1) is 11.8 Å². The van der Waals surface area contributed by atoms with E-state index < -0.39 is 17.7 Å². The lowest BCUT2D eigenvalue weighted by Gasteiger charge is -2.24. The van der Waals surface area contributed by atoms with Crippen LogP contribution < -0.4 is 10.6 Å². The van der Waals surface area contributed by atoms with Gasteiger partial charge in [-0.15, -0.1) is 0 Å². The van der Waals surface area contributed by atoms with Gasteiger partial charge in [-0.1, -0.05) is 27.7 Å². The minimum Gasteiger partial charge on any atom is -0.444 e. The van der Waals surface area contributed by atoms with Crippen molar-refractivity contribution in [3.8, 4) is 0 Å². The normalized spacial score (nSPS) is 13.1. The second-order valence-electron chi connectivity index (χ2n) is 7.64. The topological polar surface area (TPSA) is 67.4 Å². The summed E-state index contributed by atoms with van der Waals surface area (Å²) in [6.07, 6.45) is 1.87. The van der Waals surface area contributed by atoms with E-state index in [2.05, 4.69) is 38.3 Å². The van der Waals surface area contributed by atoms with Crippen LogP contribution >= 0.6 is 0 Å². The van der Waals surface area contributed by atoms with Gasteiger partial charge >= 0.3 is 6.09 Å². The summed E-state index contributed by atoms with van der Waals surface area (Å²) >= 11 is 0. The van der Waals surface area contributed by atoms with Gasteiger partial charge in [0.2, 0.25) is 5.91 Å². The van der Waals surface area contributed by atoms with E-state index in [1.807, 2.05) is 0 Å². The molecule has 0 spiro atoms. The highest BCUT2D eigenvalue weighted by atomic mass is 16.6. The molecule has 0 radical (unpaired) electrons. The Morgan fingerprint density at radius 1 is 0.955 bits per heavy atom. The van der Waals surface area contributed by atoms with Gasteiger partial charge in [0.25, 0.3) is 0 Å². The number of hydrogen-bond donors (Lipinski definition) is 2. The maximum absolute atomic E-state index is 12.3. The van der Waals surface area contributed by atoms with Gasteiger partial charge in [0.1, 0.15) is 11.6 Å². The van der Waals surface area contributed by atoms with Gasteiger partial charge in [0, 0.05) is 6.54 Å². The van der Waals surface area contributed by atoms with Gasteiger partial charge in [0.05, 0.1) is 0 Å². The molecule has 0 aliphatic carbocycles. The van der Waals surface area contributed by atoms with Gasteiger partial charge in [0.15, 0.2) is 0 Å². The van der Waals surface area contributed by atoms with Crippen LogP contribution in [0.1, 0.15) is 67.7 Å². The molecule has 22 heavy (non-hydrogen) atoms. The smallest absolute Gasteiger partial charge is 0.408 e. The fraction of sp³-hybridized carbons (Fsp3) is 0.882. The number of rotatable bonds is 8. The molecule has 0 fully saturated rings. The van der Waals surface area contributed by atoms with Crippen LogP contribution in [-0.4, -0.2) is 30.2 Å². The molecule has 2 amide bonds. The number of alkyl carbamates (subject to hydrolysis) is 1. The first kappa shape index (κ1) is 20.7. The molecular weight excluding hydrogens is 280 g/mol. The molecule has 130 valence electrons. The Kier molecular flexibility index (Phi) is 9.14. The highest BCUT2D eigenvalue weighted by Crippen LogP contribution is 2.10. The summed E-state index contributed by atoms with van der Waals surface area (Å²) in [5, 5.41) is 5.59. The summed E-state index contributed by atoms with van der Waals surface area (Å²) in [4.78, 5) is 24.1. The number of hydrogen-bond acceptors (Lipinski definition) is 3. The lowest BCUT2D eigenvalue weighted by molar-refractivity contribution is -0.123. The molecule has 0 aromatic rings. The number of nitrogens with one attached hydrogen (secondary N) is 2. The molecule has 0 aliphatic heterocycles.